The third-order valence-corrected chi connectivity index (χ3v) is 6.09. The number of fused-ring (bicyclic) bond motifs is 1. The fraction of sp³-hybridized carbons (Fsp3) is 0.409. The number of hydrogen-bond acceptors (Lipinski definition) is 8. The van der Waals surface area contributed by atoms with Crippen molar-refractivity contribution in [3.8, 4) is 11.1 Å². The van der Waals surface area contributed by atoms with Crippen LogP contribution in [0.25, 0.3) is 22.2 Å². The highest BCUT2D eigenvalue weighted by molar-refractivity contribution is 8.26. The van der Waals surface area contributed by atoms with Gasteiger partial charge in [-0.05, 0) is 68.9 Å². The SMILES string of the molecule is N=C(CCO)SC(N)=Nc1ccc2ncc(-c3cnn(CCCN4CCCC4)c3)cc2n1. The van der Waals surface area contributed by atoms with Crippen LogP contribution in [-0.2, 0) is 6.54 Å². The number of rotatable bonds is 8. The van der Waals surface area contributed by atoms with E-state index in [2.05, 4.69) is 31.2 Å². The van der Waals surface area contributed by atoms with Gasteiger partial charge in [-0.2, -0.15) is 5.10 Å². The monoisotopic (exact) mass is 452 g/mol. The minimum absolute atomic E-state index is 0.0865. The lowest BCUT2D eigenvalue weighted by Gasteiger charge is -2.13. The van der Waals surface area contributed by atoms with Gasteiger partial charge in [0.25, 0.3) is 0 Å². The van der Waals surface area contributed by atoms with Gasteiger partial charge in [0.15, 0.2) is 11.0 Å². The minimum atomic E-state index is -0.0865. The first-order valence-electron chi connectivity index (χ1n) is 10.8. The molecule has 3 aromatic heterocycles. The highest BCUT2D eigenvalue weighted by atomic mass is 32.2. The number of nitrogens with one attached hydrogen (secondary N) is 1. The molecule has 1 saturated heterocycles. The van der Waals surface area contributed by atoms with E-state index in [1.807, 2.05) is 29.2 Å². The van der Waals surface area contributed by atoms with Gasteiger partial charge in [0.05, 0.1) is 22.3 Å². The summed E-state index contributed by atoms with van der Waals surface area (Å²) >= 11 is 1.02. The molecule has 4 heterocycles. The summed E-state index contributed by atoms with van der Waals surface area (Å²) in [6.45, 7) is 4.39. The zero-order valence-electron chi connectivity index (χ0n) is 17.9. The molecule has 0 amide bonds. The fourth-order valence-electron chi connectivity index (χ4n) is 3.73. The number of aliphatic hydroxyl groups is 1. The van der Waals surface area contributed by atoms with E-state index >= 15 is 0 Å². The number of aryl methyl sites for hydroxylation is 1. The summed E-state index contributed by atoms with van der Waals surface area (Å²) < 4.78 is 1.99. The van der Waals surface area contributed by atoms with Crippen LogP contribution in [0.5, 0.6) is 0 Å². The van der Waals surface area contributed by atoms with Crippen LogP contribution in [0.3, 0.4) is 0 Å². The summed E-state index contributed by atoms with van der Waals surface area (Å²) in [5.41, 5.74) is 9.34. The Morgan fingerprint density at radius 2 is 2.00 bits per heavy atom. The number of aliphatic hydroxyl groups excluding tert-OH is 1. The molecule has 4 N–H and O–H groups in total. The van der Waals surface area contributed by atoms with Crippen LogP contribution < -0.4 is 5.73 Å². The third kappa shape index (κ3) is 5.90. The summed E-state index contributed by atoms with van der Waals surface area (Å²) in [5.74, 6) is 0.454. The van der Waals surface area contributed by atoms with E-state index < -0.39 is 0 Å². The van der Waals surface area contributed by atoms with Crippen LogP contribution in [0.2, 0.25) is 0 Å². The predicted molar refractivity (Wildman–Crippen MR) is 129 cm³/mol. The molecule has 9 nitrogen and oxygen atoms in total. The topological polar surface area (TPSA) is 129 Å². The Morgan fingerprint density at radius 1 is 1.16 bits per heavy atom. The van der Waals surface area contributed by atoms with Crippen LogP contribution in [0.15, 0.2) is 41.8 Å². The highest BCUT2D eigenvalue weighted by Gasteiger charge is 2.11. The molecule has 0 saturated carbocycles. The van der Waals surface area contributed by atoms with Crippen LogP contribution >= 0.6 is 11.8 Å². The quantitative estimate of drug-likeness (QED) is 0.354. The van der Waals surface area contributed by atoms with Gasteiger partial charge in [-0.1, -0.05) is 0 Å². The molecule has 32 heavy (non-hydrogen) atoms. The van der Waals surface area contributed by atoms with E-state index in [9.17, 15) is 0 Å². The first-order chi connectivity index (χ1) is 15.6. The average Bonchev–Trinajstić information content (AvgIpc) is 3.46. The maximum Gasteiger partial charge on any atom is 0.166 e. The van der Waals surface area contributed by atoms with Crippen LogP contribution in [-0.4, -0.2) is 66.2 Å². The van der Waals surface area contributed by atoms with Crippen molar-refractivity contribution in [1.82, 2.24) is 24.6 Å². The van der Waals surface area contributed by atoms with E-state index in [4.69, 9.17) is 16.2 Å². The van der Waals surface area contributed by atoms with E-state index in [1.54, 1.807) is 6.07 Å². The van der Waals surface area contributed by atoms with Gasteiger partial charge in [0.2, 0.25) is 0 Å². The van der Waals surface area contributed by atoms with Crippen molar-refractivity contribution in [1.29, 1.82) is 5.41 Å². The minimum Gasteiger partial charge on any atom is -0.396 e. The maximum absolute atomic E-state index is 8.90. The van der Waals surface area contributed by atoms with Crippen molar-refractivity contribution in [3.63, 3.8) is 0 Å². The molecule has 1 aliphatic heterocycles. The summed E-state index contributed by atoms with van der Waals surface area (Å²) in [6.07, 6.45) is 9.74. The molecule has 1 fully saturated rings. The predicted octanol–water partition coefficient (Wildman–Crippen LogP) is 3.02. The number of aliphatic imine (C=N–C) groups is 1. The summed E-state index contributed by atoms with van der Waals surface area (Å²) in [6, 6.07) is 5.57. The van der Waals surface area contributed by atoms with Crippen LogP contribution in [0, 0.1) is 5.41 Å². The zero-order chi connectivity index (χ0) is 22.3. The lowest BCUT2D eigenvalue weighted by Crippen LogP contribution is -2.21. The van der Waals surface area contributed by atoms with E-state index in [0.717, 1.165) is 47.9 Å². The Kier molecular flexibility index (Phi) is 7.46. The number of aromatic nitrogens is 4. The number of nitrogens with zero attached hydrogens (tertiary/aromatic N) is 6. The maximum atomic E-state index is 8.90. The summed E-state index contributed by atoms with van der Waals surface area (Å²) in [4.78, 5) is 15.9. The Balaban J connectivity index is 1.44. The lowest BCUT2D eigenvalue weighted by molar-refractivity contribution is 0.307. The highest BCUT2D eigenvalue weighted by Crippen LogP contribution is 2.23. The molecular weight excluding hydrogens is 424 g/mol. The molecule has 4 rings (SSSR count). The van der Waals surface area contributed by atoms with Crippen molar-refractivity contribution >= 4 is 38.8 Å². The second kappa shape index (κ2) is 10.7. The molecule has 3 aromatic rings. The molecule has 1 aliphatic rings. The summed E-state index contributed by atoms with van der Waals surface area (Å²) in [7, 11) is 0. The van der Waals surface area contributed by atoms with Crippen LogP contribution in [0.1, 0.15) is 25.7 Å². The molecular formula is C22H28N8OS. The third-order valence-electron chi connectivity index (χ3n) is 5.34. The van der Waals surface area contributed by atoms with Gasteiger partial charge >= 0.3 is 0 Å². The van der Waals surface area contributed by atoms with Crippen molar-refractivity contribution < 1.29 is 5.11 Å². The normalized spacial score (nSPS) is 15.0. The molecule has 0 bridgehead atoms. The van der Waals surface area contributed by atoms with Gasteiger partial charge in [0.1, 0.15) is 0 Å². The molecule has 0 aliphatic carbocycles. The average molecular weight is 453 g/mol. The molecule has 0 atom stereocenters. The molecule has 0 spiro atoms. The van der Waals surface area contributed by atoms with Gasteiger partial charge in [-0.25, -0.2) is 9.98 Å². The van der Waals surface area contributed by atoms with Gasteiger partial charge in [0, 0.05) is 43.1 Å². The fourth-order valence-corrected chi connectivity index (χ4v) is 4.31. The first kappa shape index (κ1) is 22.4. The molecule has 0 radical (unpaired) electrons. The Hall–Kier alpha value is -2.82. The largest absolute Gasteiger partial charge is 0.396 e. The number of likely N-dealkylation sites (tertiary alicyclic amines) is 1. The van der Waals surface area contributed by atoms with E-state index in [1.165, 1.54) is 25.9 Å². The van der Waals surface area contributed by atoms with E-state index in [-0.39, 0.29) is 23.2 Å². The number of nitrogens with two attached hydrogens (primary N) is 1. The number of pyridine rings is 2. The van der Waals surface area contributed by atoms with Gasteiger partial charge < -0.3 is 15.7 Å². The Labute approximate surface area is 191 Å². The Morgan fingerprint density at radius 3 is 2.81 bits per heavy atom. The zero-order valence-corrected chi connectivity index (χ0v) is 18.8. The van der Waals surface area contributed by atoms with Crippen molar-refractivity contribution in [2.45, 2.75) is 32.2 Å². The number of amidine groups is 1. The standard InChI is InChI=1S/C22H28N8OS/c23-20(6-11-31)32-22(24)28-21-5-4-18-19(27-21)12-16(13-25-18)17-14-26-30(15-17)10-3-9-29-7-1-2-8-29/h4-5,12-15,23,31H,1-3,6-11H2,(H2,24,27,28). The molecule has 0 aromatic carbocycles. The van der Waals surface area contributed by atoms with Crippen molar-refractivity contribution in [2.75, 3.05) is 26.2 Å². The second-order valence-electron chi connectivity index (χ2n) is 7.77. The second-order valence-corrected chi connectivity index (χ2v) is 8.89. The van der Waals surface area contributed by atoms with Gasteiger partial charge in [-0.3, -0.25) is 15.1 Å². The van der Waals surface area contributed by atoms with Crippen LogP contribution in [0.4, 0.5) is 5.82 Å². The van der Waals surface area contributed by atoms with Crippen molar-refractivity contribution in [3.05, 3.63) is 36.8 Å². The molecule has 10 heteroatoms. The Bertz CT molecular complexity index is 1110. The molecule has 0 unspecified atom stereocenters. The van der Waals surface area contributed by atoms with E-state index in [0.29, 0.717) is 11.3 Å². The summed E-state index contributed by atoms with van der Waals surface area (Å²) in [5, 5.41) is 21.6. The van der Waals surface area contributed by atoms with Gasteiger partial charge in [-0.15, -0.1) is 0 Å². The lowest BCUT2D eigenvalue weighted by atomic mass is 10.1. The molecule has 168 valence electrons. The number of hydrogen-bond donors (Lipinski definition) is 3. The smallest absolute Gasteiger partial charge is 0.166 e. The first-order valence-corrected chi connectivity index (χ1v) is 11.6. The number of thioether (sulfide) groups is 1. The van der Waals surface area contributed by atoms with Crippen molar-refractivity contribution in [2.24, 2.45) is 10.7 Å².